The Morgan fingerprint density at radius 1 is 1.11 bits per heavy atom. The molecule has 1 N–H and O–H groups in total. The van der Waals surface area contributed by atoms with Gasteiger partial charge in [0.05, 0.1) is 6.10 Å². The van der Waals surface area contributed by atoms with Gasteiger partial charge in [-0.15, -0.1) is 0 Å². The van der Waals surface area contributed by atoms with Crippen LogP contribution < -0.4 is 5.32 Å². The van der Waals surface area contributed by atoms with Gasteiger partial charge in [-0.25, -0.2) is 0 Å². The van der Waals surface area contributed by atoms with Gasteiger partial charge in [0.2, 0.25) is 0 Å². The van der Waals surface area contributed by atoms with Crippen molar-refractivity contribution in [3.05, 3.63) is 0 Å². The predicted octanol–water partition coefficient (Wildman–Crippen LogP) is 4.39. The summed E-state index contributed by atoms with van der Waals surface area (Å²) in [4.78, 5) is 0. The smallest absolute Gasteiger partial charge is 0.0726 e. The number of nitrogens with one attached hydrogen (secondary N) is 1. The molecule has 0 spiro atoms. The van der Waals surface area contributed by atoms with Crippen LogP contribution in [0.5, 0.6) is 0 Å². The minimum Gasteiger partial charge on any atom is -0.380 e. The summed E-state index contributed by atoms with van der Waals surface area (Å²) in [6.45, 7) is 8.01. The first kappa shape index (κ1) is 17.0. The fourth-order valence-electron chi connectivity index (χ4n) is 3.81. The van der Waals surface area contributed by atoms with Gasteiger partial charge in [0.15, 0.2) is 0 Å². The van der Waals surface area contributed by atoms with Gasteiger partial charge in [-0.3, -0.25) is 0 Å². The van der Waals surface area contributed by atoms with Crippen molar-refractivity contribution in [2.45, 2.75) is 84.3 Å². The Hall–Kier alpha value is -0.0800. The lowest BCUT2D eigenvalue weighted by atomic mass is 9.72. The van der Waals surface area contributed by atoms with Crippen LogP contribution in [0.1, 0.15) is 72.1 Å². The van der Waals surface area contributed by atoms with Crippen LogP contribution in [0.3, 0.4) is 0 Å². The summed E-state index contributed by atoms with van der Waals surface area (Å²) >= 11 is 0. The van der Waals surface area contributed by atoms with Crippen molar-refractivity contribution in [3.63, 3.8) is 0 Å². The van der Waals surface area contributed by atoms with E-state index in [-0.39, 0.29) is 0 Å². The molecule has 2 heteroatoms. The maximum absolute atomic E-state index is 5.83. The molecule has 0 bridgehead atoms. The van der Waals surface area contributed by atoms with Gasteiger partial charge in [-0.05, 0) is 37.6 Å². The monoisotopic (exact) mass is 269 g/mol. The Balaban J connectivity index is 2.73. The Kier molecular flexibility index (Phi) is 8.72. The van der Waals surface area contributed by atoms with Gasteiger partial charge in [0.1, 0.15) is 0 Å². The molecule has 0 aromatic rings. The summed E-state index contributed by atoms with van der Waals surface area (Å²) in [7, 11) is 1.89. The number of hydrogen-bond donors (Lipinski definition) is 1. The molecule has 0 heterocycles. The van der Waals surface area contributed by atoms with Crippen LogP contribution in [-0.4, -0.2) is 25.8 Å². The first-order chi connectivity index (χ1) is 9.28. The largest absolute Gasteiger partial charge is 0.380 e. The normalized spacial score (nSPS) is 27.2. The molecular weight excluding hydrogens is 234 g/mol. The van der Waals surface area contributed by atoms with E-state index in [0.29, 0.717) is 12.1 Å². The minimum atomic E-state index is 0.397. The van der Waals surface area contributed by atoms with E-state index in [1.807, 2.05) is 7.11 Å². The molecule has 1 fully saturated rings. The van der Waals surface area contributed by atoms with Gasteiger partial charge < -0.3 is 10.1 Å². The summed E-state index contributed by atoms with van der Waals surface area (Å²) in [5.41, 5.74) is 0. The topological polar surface area (TPSA) is 21.3 Å². The Labute approximate surface area is 120 Å². The van der Waals surface area contributed by atoms with Crippen molar-refractivity contribution >= 4 is 0 Å². The number of methoxy groups -OCH3 is 1. The molecule has 1 saturated carbocycles. The number of ether oxygens (including phenoxy) is 1. The number of hydrogen-bond acceptors (Lipinski definition) is 2. The lowest BCUT2D eigenvalue weighted by molar-refractivity contribution is 0.0175. The van der Waals surface area contributed by atoms with E-state index < -0.39 is 0 Å². The van der Waals surface area contributed by atoms with Gasteiger partial charge in [-0.2, -0.15) is 0 Å². The summed E-state index contributed by atoms with van der Waals surface area (Å²) < 4.78 is 5.83. The molecule has 1 aliphatic carbocycles. The molecule has 114 valence electrons. The van der Waals surface area contributed by atoms with Crippen molar-refractivity contribution in [2.75, 3.05) is 13.7 Å². The van der Waals surface area contributed by atoms with Gasteiger partial charge in [0.25, 0.3) is 0 Å². The lowest BCUT2D eigenvalue weighted by Crippen LogP contribution is -2.49. The van der Waals surface area contributed by atoms with Crippen LogP contribution in [0.15, 0.2) is 0 Å². The van der Waals surface area contributed by atoms with Crippen LogP contribution >= 0.6 is 0 Å². The zero-order chi connectivity index (χ0) is 14.1. The summed E-state index contributed by atoms with van der Waals surface area (Å²) in [5.74, 6) is 1.72. The minimum absolute atomic E-state index is 0.397. The Morgan fingerprint density at radius 3 is 2.42 bits per heavy atom. The fourth-order valence-corrected chi connectivity index (χ4v) is 3.81. The zero-order valence-electron chi connectivity index (χ0n) is 13.6. The second kappa shape index (κ2) is 9.77. The van der Waals surface area contributed by atoms with E-state index in [1.54, 1.807) is 0 Å². The van der Waals surface area contributed by atoms with Crippen molar-refractivity contribution in [2.24, 2.45) is 11.8 Å². The van der Waals surface area contributed by atoms with E-state index in [2.05, 4.69) is 26.1 Å². The molecule has 4 unspecified atom stereocenters. The van der Waals surface area contributed by atoms with Crippen molar-refractivity contribution in [1.82, 2.24) is 5.32 Å². The molecule has 0 aromatic carbocycles. The average molecular weight is 269 g/mol. The highest BCUT2D eigenvalue weighted by molar-refractivity contribution is 4.89. The molecule has 0 aliphatic heterocycles. The molecule has 1 rings (SSSR count). The molecule has 19 heavy (non-hydrogen) atoms. The lowest BCUT2D eigenvalue weighted by Gasteiger charge is -2.40. The Morgan fingerprint density at radius 2 is 1.84 bits per heavy atom. The van der Waals surface area contributed by atoms with E-state index in [1.165, 1.54) is 51.4 Å². The second-order valence-electron chi connectivity index (χ2n) is 6.16. The van der Waals surface area contributed by atoms with E-state index >= 15 is 0 Å². The quantitative estimate of drug-likeness (QED) is 0.670. The predicted molar refractivity (Wildman–Crippen MR) is 83.5 cm³/mol. The van der Waals surface area contributed by atoms with Crippen molar-refractivity contribution < 1.29 is 4.74 Å². The van der Waals surface area contributed by atoms with Gasteiger partial charge in [-0.1, -0.05) is 52.9 Å². The summed E-state index contributed by atoms with van der Waals surface area (Å²) in [6.07, 6.45) is 11.0. The summed E-state index contributed by atoms with van der Waals surface area (Å²) in [6, 6.07) is 0.565. The highest BCUT2D eigenvalue weighted by Gasteiger charge is 2.34. The van der Waals surface area contributed by atoms with Gasteiger partial charge in [0, 0.05) is 13.2 Å². The molecule has 0 saturated heterocycles. The standard InChI is InChI=1S/C17H35NO/c1-5-10-16(19-4)17(18-13-6-2)15-12-9-8-11-14(15)7-3/h14-18H,5-13H2,1-4H3. The molecule has 2 nitrogen and oxygen atoms in total. The highest BCUT2D eigenvalue weighted by Crippen LogP contribution is 2.36. The van der Waals surface area contributed by atoms with Crippen LogP contribution in [-0.2, 0) is 4.74 Å². The highest BCUT2D eigenvalue weighted by atomic mass is 16.5. The SMILES string of the molecule is CCCNC(C(CCC)OC)C1CCCCC1CC. The third-order valence-corrected chi connectivity index (χ3v) is 4.86. The van der Waals surface area contributed by atoms with Crippen LogP contribution in [0.4, 0.5) is 0 Å². The third kappa shape index (κ3) is 5.07. The fraction of sp³-hybridized carbons (Fsp3) is 1.00. The molecule has 0 radical (unpaired) electrons. The summed E-state index contributed by atoms with van der Waals surface area (Å²) in [5, 5.41) is 3.81. The van der Waals surface area contributed by atoms with Crippen molar-refractivity contribution in [1.29, 1.82) is 0 Å². The van der Waals surface area contributed by atoms with Crippen LogP contribution in [0.2, 0.25) is 0 Å². The van der Waals surface area contributed by atoms with E-state index in [4.69, 9.17) is 4.74 Å². The molecule has 0 aromatic heterocycles. The maximum Gasteiger partial charge on any atom is 0.0726 e. The van der Waals surface area contributed by atoms with Gasteiger partial charge >= 0.3 is 0 Å². The molecule has 0 amide bonds. The maximum atomic E-state index is 5.83. The average Bonchev–Trinajstić information content (AvgIpc) is 2.46. The van der Waals surface area contributed by atoms with E-state index in [0.717, 1.165) is 18.4 Å². The number of rotatable bonds is 9. The van der Waals surface area contributed by atoms with E-state index in [9.17, 15) is 0 Å². The first-order valence-electron chi connectivity index (χ1n) is 8.54. The Bertz CT molecular complexity index is 219. The molecular formula is C17H35NO. The van der Waals surface area contributed by atoms with Crippen molar-refractivity contribution in [3.8, 4) is 0 Å². The second-order valence-corrected chi connectivity index (χ2v) is 6.16. The zero-order valence-corrected chi connectivity index (χ0v) is 13.6. The third-order valence-electron chi connectivity index (χ3n) is 4.86. The van der Waals surface area contributed by atoms with Crippen LogP contribution in [0, 0.1) is 11.8 Å². The first-order valence-corrected chi connectivity index (χ1v) is 8.54. The molecule has 4 atom stereocenters. The molecule has 1 aliphatic rings. The van der Waals surface area contributed by atoms with Crippen LogP contribution in [0.25, 0.3) is 0 Å².